The fourth-order valence-corrected chi connectivity index (χ4v) is 2.65. The minimum absolute atomic E-state index is 0.206. The van der Waals surface area contributed by atoms with E-state index in [1.165, 1.54) is 12.8 Å². The minimum atomic E-state index is 0.206. The molecule has 0 aromatic rings. The number of carbonyl (C=O) groups is 1. The first-order valence-corrected chi connectivity index (χ1v) is 7.55. The highest BCUT2D eigenvalue weighted by Crippen LogP contribution is 2.23. The van der Waals surface area contributed by atoms with Gasteiger partial charge in [0.2, 0.25) is 5.91 Å². The third kappa shape index (κ3) is 5.85. The number of nitrogens with one attached hydrogen (secondary N) is 1. The van der Waals surface area contributed by atoms with Crippen LogP contribution >= 0.6 is 0 Å². The molecule has 3 heteroatoms. The summed E-state index contributed by atoms with van der Waals surface area (Å²) in [5.74, 6) is 1.21. The van der Waals surface area contributed by atoms with Gasteiger partial charge >= 0.3 is 0 Å². The zero-order chi connectivity index (χ0) is 13.5. The molecule has 0 heterocycles. The lowest BCUT2D eigenvalue weighted by atomic mass is 9.86. The van der Waals surface area contributed by atoms with Gasteiger partial charge in [-0.25, -0.2) is 0 Å². The molecule has 0 bridgehead atoms. The summed E-state index contributed by atoms with van der Waals surface area (Å²) >= 11 is 0. The minimum Gasteiger partial charge on any atom is -0.353 e. The van der Waals surface area contributed by atoms with Gasteiger partial charge in [0, 0.05) is 18.0 Å². The molecule has 3 nitrogen and oxygen atoms in total. The highest BCUT2D eigenvalue weighted by molar-refractivity contribution is 5.78. The summed E-state index contributed by atoms with van der Waals surface area (Å²) in [6.07, 6.45) is 7.47. The maximum absolute atomic E-state index is 12.1. The average Bonchev–Trinajstić information content (AvgIpc) is 2.29. The van der Waals surface area contributed by atoms with Crippen molar-refractivity contribution in [3.63, 3.8) is 0 Å². The van der Waals surface area contributed by atoms with E-state index < -0.39 is 0 Å². The number of nitrogens with two attached hydrogens (primary N) is 1. The van der Waals surface area contributed by atoms with E-state index in [0.717, 1.165) is 38.0 Å². The number of carbonyl (C=O) groups excluding carboxylic acids is 1. The van der Waals surface area contributed by atoms with Crippen LogP contribution in [0.25, 0.3) is 0 Å². The normalized spacial score (nSPS) is 26.1. The van der Waals surface area contributed by atoms with Crippen molar-refractivity contribution in [3.8, 4) is 0 Å². The topological polar surface area (TPSA) is 55.1 Å². The molecule has 1 unspecified atom stereocenters. The van der Waals surface area contributed by atoms with E-state index in [1.54, 1.807) is 0 Å². The second-order valence-corrected chi connectivity index (χ2v) is 6.35. The second kappa shape index (κ2) is 7.78. The van der Waals surface area contributed by atoms with Crippen molar-refractivity contribution < 1.29 is 4.79 Å². The molecule has 0 aromatic carbocycles. The van der Waals surface area contributed by atoms with E-state index in [1.807, 2.05) is 0 Å². The third-order valence-corrected chi connectivity index (χ3v) is 3.95. The van der Waals surface area contributed by atoms with E-state index in [0.29, 0.717) is 12.1 Å². The number of amides is 1. The molecule has 0 spiro atoms. The standard InChI is InChI=1S/C15H30N2O/c1-11(2)5-4-6-12(3)17-15(18)13-7-9-14(16)10-8-13/h11-14H,4-10,16H2,1-3H3,(H,17,18). The van der Waals surface area contributed by atoms with Gasteiger partial charge in [-0.05, 0) is 44.9 Å². The van der Waals surface area contributed by atoms with Crippen molar-refractivity contribution in [2.45, 2.75) is 77.8 Å². The van der Waals surface area contributed by atoms with E-state index in [-0.39, 0.29) is 11.8 Å². The molecule has 106 valence electrons. The van der Waals surface area contributed by atoms with Crippen LogP contribution < -0.4 is 11.1 Å². The Morgan fingerprint density at radius 3 is 2.33 bits per heavy atom. The molecular weight excluding hydrogens is 224 g/mol. The maximum atomic E-state index is 12.1. The first-order chi connectivity index (χ1) is 8.49. The van der Waals surface area contributed by atoms with E-state index in [9.17, 15) is 4.79 Å². The first-order valence-electron chi connectivity index (χ1n) is 7.55. The molecule has 1 aliphatic rings. The molecule has 18 heavy (non-hydrogen) atoms. The smallest absolute Gasteiger partial charge is 0.223 e. The van der Waals surface area contributed by atoms with Gasteiger partial charge in [-0.2, -0.15) is 0 Å². The van der Waals surface area contributed by atoms with Gasteiger partial charge < -0.3 is 11.1 Å². The first kappa shape index (κ1) is 15.5. The summed E-state index contributed by atoms with van der Waals surface area (Å²) < 4.78 is 0. The lowest BCUT2D eigenvalue weighted by molar-refractivity contribution is -0.126. The van der Waals surface area contributed by atoms with Gasteiger partial charge in [0.25, 0.3) is 0 Å². The molecule has 1 rings (SSSR count). The summed E-state index contributed by atoms with van der Waals surface area (Å²) in [6, 6.07) is 0.629. The van der Waals surface area contributed by atoms with Crippen LogP contribution in [0.15, 0.2) is 0 Å². The predicted octanol–water partition coefficient (Wildman–Crippen LogP) is 2.83. The summed E-state index contributed by atoms with van der Waals surface area (Å²) in [5.41, 5.74) is 5.86. The quantitative estimate of drug-likeness (QED) is 0.766. The Morgan fingerprint density at radius 2 is 1.78 bits per heavy atom. The molecule has 0 aromatic heterocycles. The molecule has 0 saturated heterocycles. The lowest BCUT2D eigenvalue weighted by Crippen LogP contribution is -2.40. The van der Waals surface area contributed by atoms with Crippen LogP contribution in [0.1, 0.15) is 65.7 Å². The van der Waals surface area contributed by atoms with E-state index in [2.05, 4.69) is 26.1 Å². The second-order valence-electron chi connectivity index (χ2n) is 6.35. The summed E-state index contributed by atoms with van der Waals surface area (Å²) in [7, 11) is 0. The van der Waals surface area contributed by atoms with Crippen molar-refractivity contribution in [1.82, 2.24) is 5.32 Å². The number of hydrogen-bond donors (Lipinski definition) is 2. The summed E-state index contributed by atoms with van der Waals surface area (Å²) in [6.45, 7) is 6.61. The van der Waals surface area contributed by atoms with Crippen LogP contribution in [0.4, 0.5) is 0 Å². The largest absolute Gasteiger partial charge is 0.353 e. The lowest BCUT2D eigenvalue weighted by Gasteiger charge is -2.26. The van der Waals surface area contributed by atoms with Gasteiger partial charge in [0.15, 0.2) is 0 Å². The van der Waals surface area contributed by atoms with Crippen LogP contribution in [0, 0.1) is 11.8 Å². The molecular formula is C15H30N2O. The molecule has 0 aliphatic heterocycles. The van der Waals surface area contributed by atoms with Crippen molar-refractivity contribution in [2.24, 2.45) is 17.6 Å². The molecule has 3 N–H and O–H groups in total. The Labute approximate surface area is 112 Å². The van der Waals surface area contributed by atoms with Crippen molar-refractivity contribution in [2.75, 3.05) is 0 Å². The van der Waals surface area contributed by atoms with Crippen molar-refractivity contribution in [3.05, 3.63) is 0 Å². The molecule has 1 amide bonds. The van der Waals surface area contributed by atoms with Gasteiger partial charge in [-0.1, -0.05) is 26.7 Å². The monoisotopic (exact) mass is 254 g/mol. The van der Waals surface area contributed by atoms with Crippen molar-refractivity contribution >= 4 is 5.91 Å². The highest BCUT2D eigenvalue weighted by atomic mass is 16.1. The summed E-state index contributed by atoms with van der Waals surface area (Å²) in [4.78, 5) is 12.1. The Kier molecular flexibility index (Phi) is 6.69. The molecule has 1 fully saturated rings. The van der Waals surface area contributed by atoms with Crippen LogP contribution in [0.5, 0.6) is 0 Å². The number of hydrogen-bond acceptors (Lipinski definition) is 2. The fourth-order valence-electron chi connectivity index (χ4n) is 2.65. The SMILES string of the molecule is CC(C)CCCC(C)NC(=O)C1CCC(N)CC1. The molecule has 1 atom stereocenters. The fraction of sp³-hybridized carbons (Fsp3) is 0.933. The third-order valence-electron chi connectivity index (χ3n) is 3.95. The predicted molar refractivity (Wildman–Crippen MR) is 76.2 cm³/mol. The summed E-state index contributed by atoms with van der Waals surface area (Å²) in [5, 5.41) is 3.16. The Morgan fingerprint density at radius 1 is 1.17 bits per heavy atom. The maximum Gasteiger partial charge on any atom is 0.223 e. The van der Waals surface area contributed by atoms with Crippen LogP contribution in [-0.2, 0) is 4.79 Å². The highest BCUT2D eigenvalue weighted by Gasteiger charge is 2.25. The van der Waals surface area contributed by atoms with Crippen LogP contribution in [-0.4, -0.2) is 18.0 Å². The van der Waals surface area contributed by atoms with Gasteiger partial charge in [-0.15, -0.1) is 0 Å². The Bertz CT molecular complexity index is 245. The number of rotatable bonds is 6. The van der Waals surface area contributed by atoms with Gasteiger partial charge in [-0.3, -0.25) is 4.79 Å². The average molecular weight is 254 g/mol. The Hall–Kier alpha value is -0.570. The van der Waals surface area contributed by atoms with Gasteiger partial charge in [0.1, 0.15) is 0 Å². The van der Waals surface area contributed by atoms with E-state index in [4.69, 9.17) is 5.73 Å². The molecule has 1 aliphatic carbocycles. The zero-order valence-corrected chi connectivity index (χ0v) is 12.2. The molecule has 0 radical (unpaired) electrons. The van der Waals surface area contributed by atoms with Crippen molar-refractivity contribution in [1.29, 1.82) is 0 Å². The van der Waals surface area contributed by atoms with Crippen LogP contribution in [0.2, 0.25) is 0 Å². The zero-order valence-electron chi connectivity index (χ0n) is 12.2. The van der Waals surface area contributed by atoms with Gasteiger partial charge in [0.05, 0.1) is 0 Å². The molecule has 1 saturated carbocycles. The van der Waals surface area contributed by atoms with Crippen LogP contribution in [0.3, 0.4) is 0 Å². The Balaban J connectivity index is 2.18. The van der Waals surface area contributed by atoms with E-state index >= 15 is 0 Å².